The molecule has 1 fully saturated rings. The lowest BCUT2D eigenvalue weighted by Crippen LogP contribution is -2.54. The zero-order valence-electron chi connectivity index (χ0n) is 17.2. The SMILES string of the molecule is CCNC(=NCC(O)c1ccc(Cl)cc1)N1CCN(CC(=O)NCCOC)CC1. The predicted molar refractivity (Wildman–Crippen MR) is 115 cm³/mol. The number of guanidine groups is 1. The number of hydrogen-bond acceptors (Lipinski definition) is 5. The molecule has 1 heterocycles. The molecule has 1 aromatic carbocycles. The van der Waals surface area contributed by atoms with Gasteiger partial charge in [-0.25, -0.2) is 0 Å². The number of benzene rings is 1. The molecule has 9 heteroatoms. The number of nitrogens with zero attached hydrogens (tertiary/aromatic N) is 3. The van der Waals surface area contributed by atoms with Crippen LogP contribution in [0.3, 0.4) is 0 Å². The van der Waals surface area contributed by atoms with Crippen molar-refractivity contribution in [3.8, 4) is 0 Å². The molecule has 8 nitrogen and oxygen atoms in total. The molecule has 0 bridgehead atoms. The highest BCUT2D eigenvalue weighted by molar-refractivity contribution is 6.30. The van der Waals surface area contributed by atoms with Crippen LogP contribution in [0.25, 0.3) is 0 Å². The molecule has 1 unspecified atom stereocenters. The maximum Gasteiger partial charge on any atom is 0.234 e. The Morgan fingerprint density at radius 1 is 1.24 bits per heavy atom. The number of piperazine rings is 1. The molecule has 1 amide bonds. The Bertz CT molecular complexity index is 648. The molecule has 0 saturated carbocycles. The van der Waals surface area contributed by atoms with E-state index in [-0.39, 0.29) is 12.5 Å². The number of amides is 1. The molecular formula is C20H32ClN5O3. The van der Waals surface area contributed by atoms with E-state index in [1.54, 1.807) is 19.2 Å². The van der Waals surface area contributed by atoms with Crippen molar-refractivity contribution in [3.63, 3.8) is 0 Å². The number of aliphatic hydroxyl groups excluding tert-OH is 1. The van der Waals surface area contributed by atoms with E-state index in [0.29, 0.717) is 24.7 Å². The highest BCUT2D eigenvalue weighted by Crippen LogP contribution is 2.16. The molecule has 1 aliphatic heterocycles. The van der Waals surface area contributed by atoms with Crippen molar-refractivity contribution in [1.29, 1.82) is 0 Å². The second-order valence-electron chi connectivity index (χ2n) is 6.87. The molecule has 1 aliphatic rings. The van der Waals surface area contributed by atoms with Crippen molar-refractivity contribution in [2.45, 2.75) is 13.0 Å². The fourth-order valence-electron chi connectivity index (χ4n) is 3.06. The van der Waals surface area contributed by atoms with E-state index in [2.05, 4.69) is 25.4 Å². The first-order chi connectivity index (χ1) is 14.0. The summed E-state index contributed by atoms with van der Waals surface area (Å²) < 4.78 is 4.94. The van der Waals surface area contributed by atoms with Crippen molar-refractivity contribution >= 4 is 23.5 Å². The summed E-state index contributed by atoms with van der Waals surface area (Å²) in [4.78, 5) is 20.8. The van der Waals surface area contributed by atoms with Crippen LogP contribution < -0.4 is 10.6 Å². The lowest BCUT2D eigenvalue weighted by Gasteiger charge is -2.36. The van der Waals surface area contributed by atoms with Gasteiger partial charge in [-0.15, -0.1) is 0 Å². The average Bonchev–Trinajstić information content (AvgIpc) is 2.72. The zero-order chi connectivity index (χ0) is 21.1. The smallest absolute Gasteiger partial charge is 0.234 e. The fourth-order valence-corrected chi connectivity index (χ4v) is 3.18. The molecule has 2 rings (SSSR count). The molecule has 0 aromatic heterocycles. The van der Waals surface area contributed by atoms with Crippen molar-refractivity contribution in [1.82, 2.24) is 20.4 Å². The molecule has 1 aromatic rings. The number of methoxy groups -OCH3 is 1. The minimum atomic E-state index is -0.682. The number of carbonyl (C=O) groups excluding carboxylic acids is 1. The topological polar surface area (TPSA) is 89.4 Å². The minimum Gasteiger partial charge on any atom is -0.386 e. The number of rotatable bonds is 9. The Hall–Kier alpha value is -1.87. The van der Waals surface area contributed by atoms with E-state index in [1.807, 2.05) is 19.1 Å². The zero-order valence-corrected chi connectivity index (χ0v) is 18.0. The van der Waals surface area contributed by atoms with Crippen LogP contribution in [-0.2, 0) is 9.53 Å². The number of carbonyl (C=O) groups is 1. The van der Waals surface area contributed by atoms with Crippen LogP contribution in [0.2, 0.25) is 5.02 Å². The number of nitrogens with one attached hydrogen (secondary N) is 2. The van der Waals surface area contributed by atoms with Gasteiger partial charge in [0.25, 0.3) is 0 Å². The van der Waals surface area contributed by atoms with Crippen molar-refractivity contribution in [2.24, 2.45) is 4.99 Å². The standard InChI is InChI=1S/C20H32ClN5O3/c1-3-22-20(24-14-18(27)16-4-6-17(21)7-5-16)26-11-9-25(10-12-26)15-19(28)23-8-13-29-2/h4-7,18,27H,3,8-15H2,1-2H3,(H,22,24)(H,23,28). The van der Waals surface area contributed by atoms with Crippen LogP contribution in [0.5, 0.6) is 0 Å². The van der Waals surface area contributed by atoms with Gasteiger partial charge in [0.15, 0.2) is 5.96 Å². The van der Waals surface area contributed by atoms with Crippen LogP contribution in [0.15, 0.2) is 29.3 Å². The van der Waals surface area contributed by atoms with E-state index in [1.165, 1.54) is 0 Å². The van der Waals surface area contributed by atoms with E-state index in [0.717, 1.165) is 44.2 Å². The van der Waals surface area contributed by atoms with Gasteiger partial charge in [-0.2, -0.15) is 0 Å². The first kappa shape index (κ1) is 23.4. The maximum absolute atomic E-state index is 11.9. The van der Waals surface area contributed by atoms with Gasteiger partial charge >= 0.3 is 0 Å². The Kier molecular flexibility index (Phi) is 10.2. The third kappa shape index (κ3) is 8.18. The van der Waals surface area contributed by atoms with Gasteiger partial charge in [-0.05, 0) is 24.6 Å². The van der Waals surface area contributed by atoms with Gasteiger partial charge in [-0.1, -0.05) is 23.7 Å². The van der Waals surface area contributed by atoms with Gasteiger partial charge in [0, 0.05) is 51.4 Å². The fraction of sp³-hybridized carbons (Fsp3) is 0.600. The normalized spacial score (nSPS) is 16.6. The lowest BCUT2D eigenvalue weighted by molar-refractivity contribution is -0.122. The second kappa shape index (κ2) is 12.6. The van der Waals surface area contributed by atoms with Gasteiger partial charge in [0.1, 0.15) is 0 Å². The van der Waals surface area contributed by atoms with Crippen LogP contribution in [-0.4, -0.2) is 92.8 Å². The van der Waals surface area contributed by atoms with E-state index >= 15 is 0 Å². The van der Waals surface area contributed by atoms with Crippen LogP contribution in [0.1, 0.15) is 18.6 Å². The molecule has 1 atom stereocenters. The first-order valence-corrected chi connectivity index (χ1v) is 10.4. The summed E-state index contributed by atoms with van der Waals surface area (Å²) in [6.45, 7) is 7.58. The molecule has 3 N–H and O–H groups in total. The average molecular weight is 426 g/mol. The molecule has 0 aliphatic carbocycles. The largest absolute Gasteiger partial charge is 0.386 e. The van der Waals surface area contributed by atoms with Gasteiger partial charge in [0.2, 0.25) is 5.91 Å². The summed E-state index contributed by atoms with van der Waals surface area (Å²) in [5, 5.41) is 17.2. The molecule has 1 saturated heterocycles. The number of halogens is 1. The van der Waals surface area contributed by atoms with Crippen molar-refractivity contribution in [2.75, 3.05) is 66.1 Å². The molecular weight excluding hydrogens is 394 g/mol. The Morgan fingerprint density at radius 3 is 2.55 bits per heavy atom. The first-order valence-electron chi connectivity index (χ1n) is 9.98. The number of aliphatic imine (C=N–C) groups is 1. The highest BCUT2D eigenvalue weighted by Gasteiger charge is 2.21. The van der Waals surface area contributed by atoms with Gasteiger partial charge in [-0.3, -0.25) is 14.7 Å². The molecule has 29 heavy (non-hydrogen) atoms. The maximum atomic E-state index is 11.9. The number of ether oxygens (including phenoxy) is 1. The summed E-state index contributed by atoms with van der Waals surface area (Å²) in [7, 11) is 1.61. The van der Waals surface area contributed by atoms with Crippen LogP contribution in [0.4, 0.5) is 0 Å². The van der Waals surface area contributed by atoms with E-state index in [9.17, 15) is 9.90 Å². The predicted octanol–water partition coefficient (Wildman–Crippen LogP) is 0.719. The van der Waals surface area contributed by atoms with Crippen molar-refractivity contribution in [3.05, 3.63) is 34.9 Å². The Labute approximate surface area is 177 Å². The van der Waals surface area contributed by atoms with Crippen LogP contribution >= 0.6 is 11.6 Å². The quantitative estimate of drug-likeness (QED) is 0.307. The summed E-state index contributed by atoms with van der Waals surface area (Å²) in [6, 6.07) is 7.15. The summed E-state index contributed by atoms with van der Waals surface area (Å²) >= 11 is 5.90. The van der Waals surface area contributed by atoms with E-state index < -0.39 is 6.10 Å². The van der Waals surface area contributed by atoms with Crippen LogP contribution in [0, 0.1) is 0 Å². The third-order valence-corrected chi connectivity index (χ3v) is 4.92. The second-order valence-corrected chi connectivity index (χ2v) is 7.30. The summed E-state index contributed by atoms with van der Waals surface area (Å²) in [5.41, 5.74) is 0.790. The lowest BCUT2D eigenvalue weighted by atomic mass is 10.1. The van der Waals surface area contributed by atoms with E-state index in [4.69, 9.17) is 16.3 Å². The molecule has 0 radical (unpaired) electrons. The van der Waals surface area contributed by atoms with Crippen molar-refractivity contribution < 1.29 is 14.6 Å². The van der Waals surface area contributed by atoms with Gasteiger partial charge < -0.3 is 25.4 Å². The third-order valence-electron chi connectivity index (χ3n) is 4.67. The Morgan fingerprint density at radius 2 is 1.93 bits per heavy atom. The molecule has 0 spiro atoms. The summed E-state index contributed by atoms with van der Waals surface area (Å²) in [6.07, 6.45) is -0.682. The Balaban J connectivity index is 1.84. The molecule has 162 valence electrons. The minimum absolute atomic E-state index is 0.0159. The summed E-state index contributed by atoms with van der Waals surface area (Å²) in [5.74, 6) is 0.798. The monoisotopic (exact) mass is 425 g/mol. The number of hydrogen-bond donors (Lipinski definition) is 3. The highest BCUT2D eigenvalue weighted by atomic mass is 35.5. The van der Waals surface area contributed by atoms with Gasteiger partial charge in [0.05, 0.1) is 25.8 Å². The number of aliphatic hydroxyl groups is 1.